The van der Waals surface area contributed by atoms with Crippen molar-refractivity contribution in [3.8, 4) is 0 Å². The van der Waals surface area contributed by atoms with Gasteiger partial charge < -0.3 is 10.6 Å². The molecule has 2 N–H and O–H groups in total. The Hall–Kier alpha value is -0.0800. The summed E-state index contributed by atoms with van der Waals surface area (Å²) >= 11 is 0. The fourth-order valence-corrected chi connectivity index (χ4v) is 4.47. The Morgan fingerprint density at radius 3 is 1.44 bits per heavy atom. The van der Waals surface area contributed by atoms with Gasteiger partial charge in [-0.15, -0.1) is 0 Å². The fraction of sp³-hybridized carbons (Fsp3) is 1.00. The minimum atomic E-state index is 0.769. The van der Waals surface area contributed by atoms with Crippen LogP contribution in [0, 0.1) is 11.8 Å². The first-order chi connectivity index (χ1) is 8.93. The van der Waals surface area contributed by atoms with Gasteiger partial charge in [0, 0.05) is 25.2 Å². The lowest BCUT2D eigenvalue weighted by Gasteiger charge is -2.42. The van der Waals surface area contributed by atoms with Crippen LogP contribution in [0.15, 0.2) is 0 Å². The third-order valence-corrected chi connectivity index (χ3v) is 5.59. The lowest BCUT2D eigenvalue weighted by molar-refractivity contribution is 0.167. The van der Waals surface area contributed by atoms with Crippen molar-refractivity contribution >= 4 is 0 Å². The minimum absolute atomic E-state index is 0.769. The van der Waals surface area contributed by atoms with E-state index in [1.807, 2.05) is 0 Å². The molecule has 3 aliphatic rings. The van der Waals surface area contributed by atoms with Crippen molar-refractivity contribution in [3.05, 3.63) is 0 Å². The fourth-order valence-electron chi connectivity index (χ4n) is 4.47. The summed E-state index contributed by atoms with van der Waals surface area (Å²) in [5.41, 5.74) is 0. The van der Waals surface area contributed by atoms with Gasteiger partial charge in [-0.1, -0.05) is 38.5 Å². The Labute approximate surface area is 112 Å². The third kappa shape index (κ3) is 3.08. The first-order valence-electron chi connectivity index (χ1n) is 8.40. The highest BCUT2D eigenvalue weighted by Crippen LogP contribution is 2.30. The van der Waals surface area contributed by atoms with Crippen molar-refractivity contribution in [2.24, 2.45) is 11.8 Å². The first kappa shape index (κ1) is 12.9. The van der Waals surface area contributed by atoms with Crippen LogP contribution >= 0.6 is 0 Å². The number of hydrogen-bond donors (Lipinski definition) is 2. The summed E-state index contributed by atoms with van der Waals surface area (Å²) in [7, 11) is 0. The standard InChI is InChI=1S/C16H30N2/c1-3-7-13(8-4-1)15-11-17-12-16(18-15)14-9-5-2-6-10-14/h13-18H,1-12H2. The van der Waals surface area contributed by atoms with Crippen molar-refractivity contribution in [2.45, 2.75) is 76.3 Å². The van der Waals surface area contributed by atoms with E-state index in [4.69, 9.17) is 0 Å². The molecular formula is C16H30N2. The number of piperazine rings is 1. The second kappa shape index (κ2) is 6.38. The van der Waals surface area contributed by atoms with E-state index in [0.717, 1.165) is 23.9 Å². The Bertz CT molecular complexity index is 217. The lowest BCUT2D eigenvalue weighted by Crippen LogP contribution is -2.60. The molecule has 0 aromatic carbocycles. The summed E-state index contributed by atoms with van der Waals surface area (Å²) in [6.45, 7) is 2.43. The van der Waals surface area contributed by atoms with Crippen LogP contribution in [-0.2, 0) is 0 Å². The lowest BCUT2D eigenvalue weighted by atomic mass is 9.79. The molecule has 0 radical (unpaired) electrons. The van der Waals surface area contributed by atoms with E-state index in [-0.39, 0.29) is 0 Å². The summed E-state index contributed by atoms with van der Waals surface area (Å²) in [4.78, 5) is 0. The average molecular weight is 250 g/mol. The molecule has 3 rings (SSSR count). The molecule has 104 valence electrons. The van der Waals surface area contributed by atoms with Crippen LogP contribution in [0.1, 0.15) is 64.2 Å². The second-order valence-corrected chi connectivity index (χ2v) is 6.83. The zero-order valence-electron chi connectivity index (χ0n) is 11.8. The molecule has 0 aromatic rings. The Kier molecular flexibility index (Phi) is 4.58. The van der Waals surface area contributed by atoms with Crippen molar-refractivity contribution in [1.29, 1.82) is 0 Å². The average Bonchev–Trinajstić information content (AvgIpc) is 2.49. The Morgan fingerprint density at radius 2 is 1.00 bits per heavy atom. The topological polar surface area (TPSA) is 24.1 Å². The van der Waals surface area contributed by atoms with Crippen LogP contribution < -0.4 is 10.6 Å². The molecule has 3 fully saturated rings. The van der Waals surface area contributed by atoms with Crippen LogP contribution in [-0.4, -0.2) is 25.2 Å². The Balaban J connectivity index is 1.53. The van der Waals surface area contributed by atoms with Gasteiger partial charge in [0.25, 0.3) is 0 Å². The summed E-state index contributed by atoms with van der Waals surface area (Å²) in [6, 6.07) is 1.54. The molecule has 1 heterocycles. The molecule has 2 saturated carbocycles. The molecule has 0 spiro atoms. The Morgan fingerprint density at radius 1 is 0.556 bits per heavy atom. The van der Waals surface area contributed by atoms with Gasteiger partial charge in [0.1, 0.15) is 0 Å². The van der Waals surface area contributed by atoms with E-state index in [9.17, 15) is 0 Å². The van der Waals surface area contributed by atoms with Gasteiger partial charge in [0.2, 0.25) is 0 Å². The predicted molar refractivity (Wildman–Crippen MR) is 76.7 cm³/mol. The van der Waals surface area contributed by atoms with Crippen molar-refractivity contribution in [1.82, 2.24) is 10.6 Å². The highest BCUT2D eigenvalue weighted by molar-refractivity contribution is 4.92. The first-order valence-corrected chi connectivity index (χ1v) is 8.40. The molecule has 2 nitrogen and oxygen atoms in total. The highest BCUT2D eigenvalue weighted by atomic mass is 15.1. The highest BCUT2D eigenvalue weighted by Gasteiger charge is 2.32. The molecule has 1 saturated heterocycles. The van der Waals surface area contributed by atoms with E-state index in [1.54, 1.807) is 0 Å². The van der Waals surface area contributed by atoms with E-state index < -0.39 is 0 Å². The molecule has 0 bridgehead atoms. The van der Waals surface area contributed by atoms with Crippen LogP contribution in [0.25, 0.3) is 0 Å². The third-order valence-electron chi connectivity index (χ3n) is 5.59. The molecule has 0 amide bonds. The van der Waals surface area contributed by atoms with E-state index >= 15 is 0 Å². The van der Waals surface area contributed by atoms with Gasteiger partial charge in [0.15, 0.2) is 0 Å². The number of rotatable bonds is 2. The zero-order chi connectivity index (χ0) is 12.2. The smallest absolute Gasteiger partial charge is 0.0223 e. The number of hydrogen-bond acceptors (Lipinski definition) is 2. The predicted octanol–water partition coefficient (Wildman–Crippen LogP) is 3.08. The van der Waals surface area contributed by atoms with Gasteiger partial charge in [-0.05, 0) is 37.5 Å². The largest absolute Gasteiger partial charge is 0.314 e. The van der Waals surface area contributed by atoms with E-state index in [0.29, 0.717) is 0 Å². The van der Waals surface area contributed by atoms with Crippen molar-refractivity contribution in [3.63, 3.8) is 0 Å². The second-order valence-electron chi connectivity index (χ2n) is 6.83. The summed E-state index contributed by atoms with van der Waals surface area (Å²) in [6.07, 6.45) is 14.7. The molecule has 2 unspecified atom stereocenters. The van der Waals surface area contributed by atoms with E-state index in [1.165, 1.54) is 77.3 Å². The summed E-state index contributed by atoms with van der Waals surface area (Å²) < 4.78 is 0. The maximum absolute atomic E-state index is 4.03. The van der Waals surface area contributed by atoms with Crippen molar-refractivity contribution in [2.75, 3.05) is 13.1 Å². The maximum Gasteiger partial charge on any atom is 0.0223 e. The number of nitrogens with one attached hydrogen (secondary N) is 2. The summed E-state index contributed by atoms with van der Waals surface area (Å²) in [5.74, 6) is 1.91. The van der Waals surface area contributed by atoms with Crippen LogP contribution in [0.2, 0.25) is 0 Å². The molecule has 2 atom stereocenters. The van der Waals surface area contributed by atoms with Crippen LogP contribution in [0.5, 0.6) is 0 Å². The maximum atomic E-state index is 4.03. The normalized spacial score (nSPS) is 36.7. The zero-order valence-corrected chi connectivity index (χ0v) is 11.8. The van der Waals surface area contributed by atoms with E-state index in [2.05, 4.69) is 10.6 Å². The minimum Gasteiger partial charge on any atom is -0.314 e. The van der Waals surface area contributed by atoms with Gasteiger partial charge in [-0.3, -0.25) is 0 Å². The monoisotopic (exact) mass is 250 g/mol. The molecule has 2 aliphatic carbocycles. The quantitative estimate of drug-likeness (QED) is 0.787. The molecule has 2 heteroatoms. The SMILES string of the molecule is C1CCC(C2CNCC(C3CCCCC3)N2)CC1. The van der Waals surface area contributed by atoms with Crippen LogP contribution in [0.4, 0.5) is 0 Å². The van der Waals surface area contributed by atoms with Gasteiger partial charge >= 0.3 is 0 Å². The van der Waals surface area contributed by atoms with Gasteiger partial charge in [-0.25, -0.2) is 0 Å². The van der Waals surface area contributed by atoms with Gasteiger partial charge in [-0.2, -0.15) is 0 Å². The summed E-state index contributed by atoms with van der Waals surface area (Å²) in [5, 5.41) is 7.75. The molecule has 1 aliphatic heterocycles. The molecule has 18 heavy (non-hydrogen) atoms. The molecular weight excluding hydrogens is 220 g/mol. The van der Waals surface area contributed by atoms with Gasteiger partial charge in [0.05, 0.1) is 0 Å². The van der Waals surface area contributed by atoms with Crippen LogP contribution in [0.3, 0.4) is 0 Å². The van der Waals surface area contributed by atoms with Crippen molar-refractivity contribution < 1.29 is 0 Å². The molecule has 0 aromatic heterocycles.